The van der Waals surface area contributed by atoms with E-state index >= 15 is 0 Å². The molecule has 2 amide bonds. The number of thioether (sulfide) groups is 1. The first-order chi connectivity index (χ1) is 14.7. The van der Waals surface area contributed by atoms with Gasteiger partial charge in [0.05, 0.1) is 5.88 Å². The number of hydrogen-bond donors (Lipinski definition) is 4. The van der Waals surface area contributed by atoms with Crippen LogP contribution in [0.15, 0.2) is 24.3 Å². The van der Waals surface area contributed by atoms with Gasteiger partial charge in [-0.05, 0) is 42.5 Å². The summed E-state index contributed by atoms with van der Waals surface area (Å²) in [5, 5.41) is 24.5. The fraction of sp³-hybridized carbons (Fsp3) is 0.591. The molecule has 0 radical (unpaired) electrons. The van der Waals surface area contributed by atoms with Crippen LogP contribution < -0.4 is 10.6 Å². The monoisotopic (exact) mass is 451 g/mol. The molecule has 0 aliphatic carbocycles. The molecule has 1 fully saturated rings. The van der Waals surface area contributed by atoms with Gasteiger partial charge in [-0.1, -0.05) is 26.0 Å². The smallest absolute Gasteiger partial charge is 0.327 e. The van der Waals surface area contributed by atoms with Crippen LogP contribution in [0.4, 0.5) is 0 Å². The molecule has 1 heterocycles. The first-order valence-electron chi connectivity index (χ1n) is 10.6. The SMILES string of the molecule is CC(=O)NCSC[C@@H](NC(=O)CCN1CC[C@@H](C)[C@@H](C)C1c1cccc(O)c1)C(=O)O. The predicted molar refractivity (Wildman–Crippen MR) is 121 cm³/mol. The molecule has 4 N–H and O–H groups in total. The van der Waals surface area contributed by atoms with Gasteiger partial charge < -0.3 is 20.8 Å². The Hall–Kier alpha value is -2.26. The van der Waals surface area contributed by atoms with Gasteiger partial charge in [0, 0.05) is 31.7 Å². The van der Waals surface area contributed by atoms with Crippen LogP contribution in [-0.2, 0) is 14.4 Å². The fourth-order valence-corrected chi connectivity index (χ4v) is 4.79. The maximum atomic E-state index is 12.5. The second-order valence-electron chi connectivity index (χ2n) is 8.16. The number of rotatable bonds is 10. The van der Waals surface area contributed by atoms with Gasteiger partial charge in [0.2, 0.25) is 11.8 Å². The third-order valence-electron chi connectivity index (χ3n) is 5.84. The summed E-state index contributed by atoms with van der Waals surface area (Å²) in [6.45, 7) is 7.16. The van der Waals surface area contributed by atoms with Gasteiger partial charge in [0.15, 0.2) is 0 Å². The minimum Gasteiger partial charge on any atom is -0.508 e. The number of carboxylic acid groups (broad SMARTS) is 1. The van der Waals surface area contributed by atoms with Crippen molar-refractivity contribution in [2.75, 3.05) is 24.7 Å². The maximum absolute atomic E-state index is 12.5. The molecule has 0 saturated carbocycles. The van der Waals surface area contributed by atoms with Gasteiger partial charge >= 0.3 is 5.97 Å². The number of aromatic hydroxyl groups is 1. The average molecular weight is 452 g/mol. The number of hydrogen-bond acceptors (Lipinski definition) is 6. The van der Waals surface area contributed by atoms with E-state index in [0.29, 0.717) is 24.3 Å². The number of piperidine rings is 1. The van der Waals surface area contributed by atoms with Gasteiger partial charge in [0.25, 0.3) is 0 Å². The molecule has 0 spiro atoms. The Kier molecular flexibility index (Phi) is 9.64. The molecule has 4 atom stereocenters. The minimum atomic E-state index is -1.10. The average Bonchev–Trinajstić information content (AvgIpc) is 2.70. The van der Waals surface area contributed by atoms with Crippen molar-refractivity contribution in [2.24, 2.45) is 11.8 Å². The van der Waals surface area contributed by atoms with E-state index in [1.54, 1.807) is 12.1 Å². The van der Waals surface area contributed by atoms with Crippen LogP contribution in [0, 0.1) is 11.8 Å². The quantitative estimate of drug-likeness (QED) is 0.318. The molecule has 1 unspecified atom stereocenters. The normalized spacial score (nSPS) is 22.5. The number of likely N-dealkylation sites (tertiary alicyclic amines) is 1. The van der Waals surface area contributed by atoms with Gasteiger partial charge in [-0.3, -0.25) is 14.5 Å². The second-order valence-corrected chi connectivity index (χ2v) is 9.19. The minimum absolute atomic E-state index is 0.0899. The van der Waals surface area contributed by atoms with E-state index in [4.69, 9.17) is 0 Å². The number of carbonyl (C=O) groups excluding carboxylic acids is 2. The molecule has 0 aromatic heterocycles. The van der Waals surface area contributed by atoms with Gasteiger partial charge in [-0.2, -0.15) is 0 Å². The van der Waals surface area contributed by atoms with Gasteiger partial charge in [-0.15, -0.1) is 11.8 Å². The van der Waals surface area contributed by atoms with Crippen LogP contribution in [0.5, 0.6) is 5.75 Å². The molecular weight excluding hydrogens is 418 g/mol. The highest BCUT2D eigenvalue weighted by atomic mass is 32.2. The first-order valence-corrected chi connectivity index (χ1v) is 11.7. The van der Waals surface area contributed by atoms with E-state index in [-0.39, 0.29) is 35.8 Å². The van der Waals surface area contributed by atoms with Crippen LogP contribution in [0.1, 0.15) is 45.2 Å². The Morgan fingerprint density at radius 2 is 2.03 bits per heavy atom. The van der Waals surface area contributed by atoms with Crippen molar-refractivity contribution in [2.45, 2.75) is 45.7 Å². The highest BCUT2D eigenvalue weighted by Gasteiger charge is 2.34. The molecule has 1 aliphatic heterocycles. The summed E-state index contributed by atoms with van der Waals surface area (Å²) in [4.78, 5) is 37.1. The number of phenols is 1. The van der Waals surface area contributed by atoms with Gasteiger partial charge in [0.1, 0.15) is 11.8 Å². The summed E-state index contributed by atoms with van der Waals surface area (Å²) in [7, 11) is 0. The lowest BCUT2D eigenvalue weighted by molar-refractivity contribution is -0.141. The Labute approximate surface area is 187 Å². The van der Waals surface area contributed by atoms with E-state index in [2.05, 4.69) is 29.4 Å². The fourth-order valence-electron chi connectivity index (χ4n) is 3.90. The lowest BCUT2D eigenvalue weighted by Crippen LogP contribution is -2.46. The van der Waals surface area contributed by atoms with Crippen LogP contribution in [0.3, 0.4) is 0 Å². The van der Waals surface area contributed by atoms with E-state index in [9.17, 15) is 24.6 Å². The summed E-state index contributed by atoms with van der Waals surface area (Å²) >= 11 is 1.24. The maximum Gasteiger partial charge on any atom is 0.327 e. The molecule has 1 saturated heterocycles. The Morgan fingerprint density at radius 3 is 2.68 bits per heavy atom. The number of aliphatic carboxylic acids is 1. The zero-order chi connectivity index (χ0) is 23.0. The molecule has 8 nitrogen and oxygen atoms in total. The second kappa shape index (κ2) is 12.0. The van der Waals surface area contributed by atoms with E-state index in [1.165, 1.54) is 18.7 Å². The van der Waals surface area contributed by atoms with Crippen molar-refractivity contribution >= 4 is 29.5 Å². The summed E-state index contributed by atoms with van der Waals surface area (Å²) in [5.41, 5.74) is 1.03. The molecule has 1 aliphatic rings. The molecule has 172 valence electrons. The number of carboxylic acids is 1. The van der Waals surface area contributed by atoms with E-state index < -0.39 is 12.0 Å². The number of nitrogens with one attached hydrogen (secondary N) is 2. The molecule has 1 aromatic rings. The van der Waals surface area contributed by atoms with Crippen molar-refractivity contribution in [3.63, 3.8) is 0 Å². The zero-order valence-electron chi connectivity index (χ0n) is 18.3. The number of phenolic OH excluding ortho intramolecular Hbond substituents is 1. The highest BCUT2D eigenvalue weighted by molar-refractivity contribution is 7.99. The molecular formula is C22H33N3O5S. The van der Waals surface area contributed by atoms with Crippen molar-refractivity contribution in [3.05, 3.63) is 29.8 Å². The Bertz CT molecular complexity index is 775. The third kappa shape index (κ3) is 7.74. The lowest BCUT2D eigenvalue weighted by atomic mass is 9.79. The van der Waals surface area contributed by atoms with Crippen LogP contribution in [-0.4, -0.2) is 63.7 Å². The Balaban J connectivity index is 1.94. The third-order valence-corrected chi connectivity index (χ3v) is 6.76. The predicted octanol–water partition coefficient (Wildman–Crippen LogP) is 2.20. The standard InChI is InChI=1S/C22H33N3O5S/c1-14-7-9-25(21(15(14)2)17-5-4-6-18(27)11-17)10-8-20(28)24-19(22(29)30)12-31-13-23-16(3)26/h4-6,11,14-15,19,21,27H,7-10,12-13H2,1-3H3,(H,23,26)(H,24,28)(H,29,30)/t14-,15-,19-,21?/m1/s1. The molecule has 9 heteroatoms. The topological polar surface area (TPSA) is 119 Å². The van der Waals surface area contributed by atoms with Crippen molar-refractivity contribution in [1.82, 2.24) is 15.5 Å². The van der Waals surface area contributed by atoms with Crippen molar-refractivity contribution in [1.29, 1.82) is 0 Å². The highest BCUT2D eigenvalue weighted by Crippen LogP contribution is 2.39. The zero-order valence-corrected chi connectivity index (χ0v) is 19.2. The van der Waals surface area contributed by atoms with Crippen molar-refractivity contribution < 1.29 is 24.6 Å². The number of carbonyl (C=O) groups is 3. The lowest BCUT2D eigenvalue weighted by Gasteiger charge is -2.43. The summed E-state index contributed by atoms with van der Waals surface area (Å²) in [6.07, 6.45) is 1.21. The van der Waals surface area contributed by atoms with E-state index in [0.717, 1.165) is 18.5 Å². The van der Waals surface area contributed by atoms with Crippen LogP contribution >= 0.6 is 11.8 Å². The molecule has 31 heavy (non-hydrogen) atoms. The summed E-state index contributed by atoms with van der Waals surface area (Å²) in [5.74, 6) is -0.0210. The Morgan fingerprint density at radius 1 is 1.29 bits per heavy atom. The largest absolute Gasteiger partial charge is 0.508 e. The number of amides is 2. The summed E-state index contributed by atoms with van der Waals surface area (Å²) in [6, 6.07) is 6.34. The van der Waals surface area contributed by atoms with Crippen LogP contribution in [0.2, 0.25) is 0 Å². The van der Waals surface area contributed by atoms with Crippen LogP contribution in [0.25, 0.3) is 0 Å². The van der Waals surface area contributed by atoms with E-state index in [1.807, 2.05) is 12.1 Å². The molecule has 0 bridgehead atoms. The first kappa shape index (κ1) is 25.0. The number of nitrogens with zero attached hydrogens (tertiary/aromatic N) is 1. The van der Waals surface area contributed by atoms with Crippen molar-refractivity contribution in [3.8, 4) is 5.75 Å². The summed E-state index contributed by atoms with van der Waals surface area (Å²) < 4.78 is 0. The number of benzene rings is 1. The molecule has 2 rings (SSSR count). The molecule has 1 aromatic carbocycles. The van der Waals surface area contributed by atoms with Gasteiger partial charge in [-0.25, -0.2) is 4.79 Å².